The molecule has 84 valence electrons. The summed E-state index contributed by atoms with van der Waals surface area (Å²) in [4.78, 5) is 11.8. The number of rotatable bonds is 1. The van der Waals surface area contributed by atoms with E-state index in [0.717, 1.165) is 17.0 Å². The molecule has 0 amide bonds. The van der Waals surface area contributed by atoms with Gasteiger partial charge in [-0.1, -0.05) is 0 Å². The fourth-order valence-corrected chi connectivity index (χ4v) is 1.74. The van der Waals surface area contributed by atoms with Gasteiger partial charge >= 0.3 is 0 Å². The normalized spacial score (nSPS) is 10.8. The number of halogens is 1. The SMILES string of the molecule is Cc1nn(C)c(C)c1-c1nc(N)nc(Cl)n1. The Kier molecular flexibility index (Phi) is 2.51. The van der Waals surface area contributed by atoms with Gasteiger partial charge in [0, 0.05) is 12.7 Å². The number of hydrogen-bond donors (Lipinski definition) is 1. The Morgan fingerprint density at radius 3 is 2.38 bits per heavy atom. The van der Waals surface area contributed by atoms with Gasteiger partial charge in [-0.2, -0.15) is 20.1 Å². The Morgan fingerprint density at radius 2 is 1.88 bits per heavy atom. The van der Waals surface area contributed by atoms with E-state index in [1.165, 1.54) is 0 Å². The molecular weight excluding hydrogens is 228 g/mol. The second-order valence-electron chi connectivity index (χ2n) is 3.46. The van der Waals surface area contributed by atoms with Crippen molar-refractivity contribution in [1.29, 1.82) is 0 Å². The molecule has 0 radical (unpaired) electrons. The van der Waals surface area contributed by atoms with Crippen LogP contribution in [0.5, 0.6) is 0 Å². The molecule has 0 aliphatic heterocycles. The van der Waals surface area contributed by atoms with Crippen LogP contribution in [0, 0.1) is 13.8 Å². The van der Waals surface area contributed by atoms with Crippen LogP contribution in [0.25, 0.3) is 11.4 Å². The summed E-state index contributed by atoms with van der Waals surface area (Å²) in [5.41, 5.74) is 8.17. The molecule has 2 aromatic heterocycles. The van der Waals surface area contributed by atoms with Crippen molar-refractivity contribution in [3.8, 4) is 11.4 Å². The largest absolute Gasteiger partial charge is 0.368 e. The Hall–Kier alpha value is -1.69. The van der Waals surface area contributed by atoms with Crippen LogP contribution in [0.4, 0.5) is 5.95 Å². The molecule has 0 saturated carbocycles. The van der Waals surface area contributed by atoms with Crippen molar-refractivity contribution < 1.29 is 0 Å². The van der Waals surface area contributed by atoms with Crippen LogP contribution in [0.2, 0.25) is 5.28 Å². The van der Waals surface area contributed by atoms with Gasteiger partial charge < -0.3 is 5.73 Å². The van der Waals surface area contributed by atoms with E-state index in [9.17, 15) is 0 Å². The van der Waals surface area contributed by atoms with Crippen LogP contribution in [-0.2, 0) is 7.05 Å². The summed E-state index contributed by atoms with van der Waals surface area (Å²) in [6, 6.07) is 0. The number of nitrogen functional groups attached to an aromatic ring is 1. The molecule has 0 bridgehead atoms. The van der Waals surface area contributed by atoms with E-state index in [0.29, 0.717) is 5.82 Å². The molecule has 0 aromatic carbocycles. The standard InChI is InChI=1S/C9H11ClN6/c1-4-6(5(2)16(3)15-4)7-12-8(10)14-9(11)13-7/h1-3H3,(H2,11,12,13,14). The van der Waals surface area contributed by atoms with Crippen LogP contribution in [0.3, 0.4) is 0 Å². The van der Waals surface area contributed by atoms with Crippen LogP contribution >= 0.6 is 11.6 Å². The lowest BCUT2D eigenvalue weighted by molar-refractivity contribution is 0.731. The summed E-state index contributed by atoms with van der Waals surface area (Å²) in [7, 11) is 1.86. The molecule has 2 N–H and O–H groups in total. The Bertz CT molecular complexity index is 527. The zero-order chi connectivity index (χ0) is 11.9. The number of hydrogen-bond acceptors (Lipinski definition) is 5. The minimum absolute atomic E-state index is 0.0881. The molecule has 0 unspecified atom stereocenters. The first-order valence-electron chi connectivity index (χ1n) is 4.66. The van der Waals surface area contributed by atoms with E-state index in [2.05, 4.69) is 20.1 Å². The van der Waals surface area contributed by atoms with Crippen LogP contribution in [0.15, 0.2) is 0 Å². The Balaban J connectivity index is 2.67. The molecule has 0 saturated heterocycles. The van der Waals surface area contributed by atoms with Gasteiger partial charge in [0.15, 0.2) is 5.82 Å². The molecule has 0 spiro atoms. The fraction of sp³-hybridized carbons (Fsp3) is 0.333. The molecule has 0 fully saturated rings. The van der Waals surface area contributed by atoms with Crippen molar-refractivity contribution in [3.63, 3.8) is 0 Å². The van der Waals surface area contributed by atoms with E-state index in [1.807, 2.05) is 20.9 Å². The first kappa shape index (κ1) is 10.8. The summed E-state index contributed by atoms with van der Waals surface area (Å²) < 4.78 is 1.76. The summed E-state index contributed by atoms with van der Waals surface area (Å²) in [6.45, 7) is 3.82. The third kappa shape index (κ3) is 1.71. The molecule has 6 nitrogen and oxygen atoms in total. The number of aromatic nitrogens is 5. The lowest BCUT2D eigenvalue weighted by Gasteiger charge is -2.01. The second kappa shape index (κ2) is 3.71. The van der Waals surface area contributed by atoms with Crippen molar-refractivity contribution >= 4 is 17.5 Å². The highest BCUT2D eigenvalue weighted by Gasteiger charge is 2.15. The average Bonchev–Trinajstić information content (AvgIpc) is 2.39. The zero-order valence-electron chi connectivity index (χ0n) is 9.19. The van der Waals surface area contributed by atoms with Crippen molar-refractivity contribution in [2.45, 2.75) is 13.8 Å². The monoisotopic (exact) mass is 238 g/mol. The molecule has 16 heavy (non-hydrogen) atoms. The van der Waals surface area contributed by atoms with Gasteiger partial charge in [-0.3, -0.25) is 4.68 Å². The highest BCUT2D eigenvalue weighted by molar-refractivity contribution is 6.28. The quantitative estimate of drug-likeness (QED) is 0.805. The topological polar surface area (TPSA) is 82.5 Å². The van der Waals surface area contributed by atoms with E-state index < -0.39 is 0 Å². The van der Waals surface area contributed by atoms with Gasteiger partial charge in [0.25, 0.3) is 0 Å². The van der Waals surface area contributed by atoms with Crippen molar-refractivity contribution in [1.82, 2.24) is 24.7 Å². The smallest absolute Gasteiger partial charge is 0.227 e. The summed E-state index contributed by atoms with van der Waals surface area (Å²) in [6.07, 6.45) is 0. The molecule has 0 aliphatic carbocycles. The van der Waals surface area contributed by atoms with Gasteiger partial charge in [-0.05, 0) is 25.4 Å². The average molecular weight is 239 g/mol. The predicted octanol–water partition coefficient (Wildman–Crippen LogP) is 1.12. The first-order chi connectivity index (χ1) is 7.49. The highest BCUT2D eigenvalue weighted by Crippen LogP contribution is 2.24. The van der Waals surface area contributed by atoms with Crippen molar-refractivity contribution in [2.24, 2.45) is 7.05 Å². The van der Waals surface area contributed by atoms with E-state index in [4.69, 9.17) is 17.3 Å². The molecular formula is C9H11ClN6. The van der Waals surface area contributed by atoms with Gasteiger partial charge in [0.05, 0.1) is 11.3 Å². The lowest BCUT2D eigenvalue weighted by atomic mass is 10.2. The molecule has 2 heterocycles. The minimum atomic E-state index is 0.0881. The number of nitrogens with zero attached hydrogens (tertiary/aromatic N) is 5. The zero-order valence-corrected chi connectivity index (χ0v) is 9.95. The number of aryl methyl sites for hydroxylation is 2. The summed E-state index contributed by atoms with van der Waals surface area (Å²) in [5.74, 6) is 0.568. The van der Waals surface area contributed by atoms with Crippen LogP contribution in [-0.4, -0.2) is 24.7 Å². The third-order valence-corrected chi connectivity index (χ3v) is 2.53. The van der Waals surface area contributed by atoms with Gasteiger partial charge in [-0.15, -0.1) is 0 Å². The number of nitrogens with two attached hydrogens (primary N) is 1. The highest BCUT2D eigenvalue weighted by atomic mass is 35.5. The van der Waals surface area contributed by atoms with Crippen molar-refractivity contribution in [3.05, 3.63) is 16.7 Å². The molecule has 0 aliphatic rings. The Morgan fingerprint density at radius 1 is 1.19 bits per heavy atom. The van der Waals surface area contributed by atoms with E-state index in [1.54, 1.807) is 4.68 Å². The molecule has 2 aromatic rings. The molecule has 7 heteroatoms. The second-order valence-corrected chi connectivity index (χ2v) is 3.79. The van der Waals surface area contributed by atoms with Gasteiger partial charge in [0.1, 0.15) is 0 Å². The maximum atomic E-state index is 5.74. The van der Waals surface area contributed by atoms with Gasteiger partial charge in [0.2, 0.25) is 11.2 Å². The summed E-state index contributed by atoms with van der Waals surface area (Å²) in [5, 5.41) is 4.37. The van der Waals surface area contributed by atoms with Gasteiger partial charge in [-0.25, -0.2) is 0 Å². The van der Waals surface area contributed by atoms with E-state index >= 15 is 0 Å². The number of anilines is 1. The lowest BCUT2D eigenvalue weighted by Crippen LogP contribution is -2.01. The van der Waals surface area contributed by atoms with E-state index in [-0.39, 0.29) is 11.2 Å². The maximum absolute atomic E-state index is 5.74. The molecule has 2 rings (SSSR count). The first-order valence-corrected chi connectivity index (χ1v) is 5.04. The third-order valence-electron chi connectivity index (χ3n) is 2.36. The fourth-order valence-electron chi connectivity index (χ4n) is 1.57. The molecule has 0 atom stereocenters. The van der Waals surface area contributed by atoms with Crippen molar-refractivity contribution in [2.75, 3.05) is 5.73 Å². The van der Waals surface area contributed by atoms with Crippen LogP contribution < -0.4 is 5.73 Å². The predicted molar refractivity (Wildman–Crippen MR) is 60.9 cm³/mol. The van der Waals surface area contributed by atoms with Crippen LogP contribution in [0.1, 0.15) is 11.4 Å². The minimum Gasteiger partial charge on any atom is -0.368 e. The summed E-state index contributed by atoms with van der Waals surface area (Å²) >= 11 is 5.74. The maximum Gasteiger partial charge on any atom is 0.227 e. The Labute approximate surface area is 97.5 Å².